The molecule has 114 valence electrons. The number of aromatic nitrogens is 2. The first-order chi connectivity index (χ1) is 10.1. The highest BCUT2D eigenvalue weighted by atomic mass is 35.5. The van der Waals surface area contributed by atoms with E-state index < -0.39 is 0 Å². The monoisotopic (exact) mass is 306 g/mol. The van der Waals surface area contributed by atoms with E-state index in [0.29, 0.717) is 17.8 Å². The number of rotatable bonds is 7. The molecule has 0 fully saturated rings. The maximum Gasteiger partial charge on any atom is 0.118 e. The summed E-state index contributed by atoms with van der Waals surface area (Å²) in [6, 6.07) is 10.7. The lowest BCUT2D eigenvalue weighted by molar-refractivity contribution is 0.414. The molecule has 0 bridgehead atoms. The predicted molar refractivity (Wildman–Crippen MR) is 87.2 cm³/mol. The summed E-state index contributed by atoms with van der Waals surface area (Å²) >= 11 is 6.14. The lowest BCUT2D eigenvalue weighted by Crippen LogP contribution is -2.11. The second-order valence-corrected chi connectivity index (χ2v) is 5.97. The van der Waals surface area contributed by atoms with Crippen molar-refractivity contribution in [3.8, 4) is 5.75 Å². The van der Waals surface area contributed by atoms with E-state index in [1.54, 1.807) is 7.11 Å². The van der Waals surface area contributed by atoms with Gasteiger partial charge in [0.1, 0.15) is 5.75 Å². The smallest absolute Gasteiger partial charge is 0.118 e. The summed E-state index contributed by atoms with van der Waals surface area (Å²) < 4.78 is 7.18. The molecule has 0 radical (unpaired) electrons. The van der Waals surface area contributed by atoms with Gasteiger partial charge in [-0.25, -0.2) is 0 Å². The molecule has 2 rings (SSSR count). The molecule has 0 saturated carbocycles. The van der Waals surface area contributed by atoms with Gasteiger partial charge in [0, 0.05) is 18.1 Å². The molecule has 4 heteroatoms. The molecule has 3 nitrogen and oxygen atoms in total. The first-order valence-electron chi connectivity index (χ1n) is 7.35. The van der Waals surface area contributed by atoms with Crippen LogP contribution >= 0.6 is 11.6 Å². The maximum atomic E-state index is 6.14. The summed E-state index contributed by atoms with van der Waals surface area (Å²) in [7, 11) is 1.68. The molecular formula is C17H23ClN2O. The molecule has 1 aromatic heterocycles. The SMILES string of the molecule is COc1ccc(CC(CCl)Cc2ccn(C(C)C)n2)cc1. The van der Waals surface area contributed by atoms with Crippen molar-refractivity contribution >= 4 is 11.6 Å². The Hall–Kier alpha value is -1.48. The lowest BCUT2D eigenvalue weighted by Gasteiger charge is -2.13. The highest BCUT2D eigenvalue weighted by Crippen LogP contribution is 2.18. The van der Waals surface area contributed by atoms with Gasteiger partial charge in [0.15, 0.2) is 0 Å². The van der Waals surface area contributed by atoms with Crippen LogP contribution in [0.4, 0.5) is 0 Å². The number of nitrogens with zero attached hydrogens (tertiary/aromatic N) is 2. The summed E-state index contributed by atoms with van der Waals surface area (Å²) in [6.45, 7) is 4.26. The van der Waals surface area contributed by atoms with E-state index in [0.717, 1.165) is 24.3 Å². The van der Waals surface area contributed by atoms with E-state index in [9.17, 15) is 0 Å². The van der Waals surface area contributed by atoms with Crippen molar-refractivity contribution in [2.75, 3.05) is 13.0 Å². The molecule has 1 heterocycles. The Morgan fingerprint density at radius 2 is 1.86 bits per heavy atom. The van der Waals surface area contributed by atoms with Gasteiger partial charge < -0.3 is 4.74 Å². The average molecular weight is 307 g/mol. The van der Waals surface area contributed by atoms with Crippen LogP contribution in [0.15, 0.2) is 36.5 Å². The van der Waals surface area contributed by atoms with Crippen molar-refractivity contribution in [3.63, 3.8) is 0 Å². The second kappa shape index (κ2) is 7.51. The Morgan fingerprint density at radius 3 is 2.38 bits per heavy atom. The number of hydrogen-bond acceptors (Lipinski definition) is 2. The Bertz CT molecular complexity index is 548. The van der Waals surface area contributed by atoms with Crippen molar-refractivity contribution in [3.05, 3.63) is 47.8 Å². The minimum atomic E-state index is 0.398. The standard InChI is InChI=1S/C17H23ClN2O/c1-13(2)20-9-8-16(19-20)11-15(12-18)10-14-4-6-17(21-3)7-5-14/h4-9,13,15H,10-12H2,1-3H3. The number of halogens is 1. The molecule has 1 unspecified atom stereocenters. The van der Waals surface area contributed by atoms with Crippen LogP contribution in [0.3, 0.4) is 0 Å². The van der Waals surface area contributed by atoms with Crippen molar-refractivity contribution in [2.45, 2.75) is 32.7 Å². The van der Waals surface area contributed by atoms with Crippen molar-refractivity contribution in [2.24, 2.45) is 5.92 Å². The zero-order valence-electron chi connectivity index (χ0n) is 12.9. The topological polar surface area (TPSA) is 27.1 Å². The van der Waals surface area contributed by atoms with Crippen LogP contribution in [0.1, 0.15) is 31.1 Å². The number of ether oxygens (including phenoxy) is 1. The minimum absolute atomic E-state index is 0.398. The van der Waals surface area contributed by atoms with E-state index in [1.807, 2.05) is 23.0 Å². The van der Waals surface area contributed by atoms with Gasteiger partial charge in [-0.15, -0.1) is 11.6 Å². The van der Waals surface area contributed by atoms with Crippen LogP contribution in [-0.4, -0.2) is 22.8 Å². The van der Waals surface area contributed by atoms with Gasteiger partial charge in [-0.2, -0.15) is 5.10 Å². The van der Waals surface area contributed by atoms with Crippen LogP contribution in [0, 0.1) is 5.92 Å². The fourth-order valence-corrected chi connectivity index (χ4v) is 2.56. The molecule has 1 atom stereocenters. The van der Waals surface area contributed by atoms with Gasteiger partial charge in [-0.3, -0.25) is 4.68 Å². The summed E-state index contributed by atoms with van der Waals surface area (Å²) in [5.41, 5.74) is 2.40. The van der Waals surface area contributed by atoms with E-state index in [4.69, 9.17) is 16.3 Å². The van der Waals surface area contributed by atoms with E-state index in [1.165, 1.54) is 5.56 Å². The second-order valence-electron chi connectivity index (χ2n) is 5.66. The predicted octanol–water partition coefficient (Wildman–Crippen LogP) is 4.11. The average Bonchev–Trinajstić information content (AvgIpc) is 2.96. The third-order valence-corrected chi connectivity index (χ3v) is 4.03. The summed E-state index contributed by atoms with van der Waals surface area (Å²) in [5.74, 6) is 1.92. The van der Waals surface area contributed by atoms with E-state index >= 15 is 0 Å². The zero-order valence-corrected chi connectivity index (χ0v) is 13.7. The number of benzene rings is 1. The van der Waals surface area contributed by atoms with Gasteiger partial charge in [0.05, 0.1) is 12.8 Å². The number of hydrogen-bond donors (Lipinski definition) is 0. The Balaban J connectivity index is 1.98. The lowest BCUT2D eigenvalue weighted by atomic mass is 9.96. The normalized spacial score (nSPS) is 12.6. The minimum Gasteiger partial charge on any atom is -0.497 e. The third-order valence-electron chi connectivity index (χ3n) is 3.59. The van der Waals surface area contributed by atoms with Gasteiger partial charge >= 0.3 is 0 Å². The quantitative estimate of drug-likeness (QED) is 0.720. The van der Waals surface area contributed by atoms with Gasteiger partial charge in [-0.1, -0.05) is 12.1 Å². The van der Waals surface area contributed by atoms with Crippen LogP contribution in [0.25, 0.3) is 0 Å². The van der Waals surface area contributed by atoms with Crippen LogP contribution < -0.4 is 4.74 Å². The highest BCUT2D eigenvalue weighted by Gasteiger charge is 2.12. The first kappa shape index (κ1) is 15.9. The molecule has 0 amide bonds. The van der Waals surface area contributed by atoms with Crippen molar-refractivity contribution in [1.29, 1.82) is 0 Å². The van der Waals surface area contributed by atoms with Gasteiger partial charge in [-0.05, 0) is 56.4 Å². The zero-order chi connectivity index (χ0) is 15.2. The molecule has 0 aliphatic rings. The first-order valence-corrected chi connectivity index (χ1v) is 7.88. The van der Waals surface area contributed by atoms with Crippen molar-refractivity contribution < 1.29 is 4.74 Å². The maximum absolute atomic E-state index is 6.14. The Labute approximate surface area is 131 Å². The number of methoxy groups -OCH3 is 1. The molecule has 0 aliphatic carbocycles. The summed E-state index contributed by atoms with van der Waals surface area (Å²) in [4.78, 5) is 0. The molecule has 21 heavy (non-hydrogen) atoms. The van der Waals surface area contributed by atoms with E-state index in [2.05, 4.69) is 37.1 Å². The van der Waals surface area contributed by atoms with Crippen molar-refractivity contribution in [1.82, 2.24) is 9.78 Å². The van der Waals surface area contributed by atoms with Crippen LogP contribution in [-0.2, 0) is 12.8 Å². The third kappa shape index (κ3) is 4.50. The fourth-order valence-electron chi connectivity index (χ4n) is 2.35. The molecule has 0 spiro atoms. The molecular weight excluding hydrogens is 284 g/mol. The molecule has 2 aromatic rings. The highest BCUT2D eigenvalue weighted by molar-refractivity contribution is 6.18. The Kier molecular flexibility index (Phi) is 5.68. The molecule has 0 N–H and O–H groups in total. The largest absolute Gasteiger partial charge is 0.497 e. The molecule has 1 aromatic carbocycles. The molecule has 0 aliphatic heterocycles. The summed E-state index contributed by atoms with van der Waals surface area (Å²) in [6.07, 6.45) is 3.91. The van der Waals surface area contributed by atoms with Crippen LogP contribution in [0.5, 0.6) is 5.75 Å². The number of alkyl halides is 1. The van der Waals surface area contributed by atoms with Gasteiger partial charge in [0.2, 0.25) is 0 Å². The van der Waals surface area contributed by atoms with E-state index in [-0.39, 0.29) is 0 Å². The van der Waals surface area contributed by atoms with Gasteiger partial charge in [0.25, 0.3) is 0 Å². The summed E-state index contributed by atoms with van der Waals surface area (Å²) in [5, 5.41) is 4.60. The fraction of sp³-hybridized carbons (Fsp3) is 0.471. The van der Waals surface area contributed by atoms with Crippen LogP contribution in [0.2, 0.25) is 0 Å². The Morgan fingerprint density at radius 1 is 1.14 bits per heavy atom. The molecule has 0 saturated heterocycles.